The lowest BCUT2D eigenvalue weighted by atomic mass is 10.1. The first kappa shape index (κ1) is 12.7. The van der Waals surface area contributed by atoms with Gasteiger partial charge in [-0.25, -0.2) is 0 Å². The Morgan fingerprint density at radius 3 is 2.88 bits per heavy atom. The lowest BCUT2D eigenvalue weighted by molar-refractivity contribution is 0.320. The van der Waals surface area contributed by atoms with Crippen LogP contribution >= 0.6 is 27.3 Å². The van der Waals surface area contributed by atoms with Gasteiger partial charge in [-0.3, -0.25) is 0 Å². The molecule has 0 unspecified atom stereocenters. The van der Waals surface area contributed by atoms with Crippen LogP contribution in [0.4, 0.5) is 0 Å². The summed E-state index contributed by atoms with van der Waals surface area (Å²) in [7, 11) is 0. The van der Waals surface area contributed by atoms with E-state index in [1.165, 1.54) is 16.0 Å². The zero-order chi connectivity index (χ0) is 12.1. The maximum absolute atomic E-state index is 5.83. The van der Waals surface area contributed by atoms with Gasteiger partial charge in [-0.15, -0.1) is 11.3 Å². The number of rotatable bonds is 5. The van der Waals surface area contributed by atoms with E-state index in [0.717, 1.165) is 24.1 Å². The molecular weight excluding hydrogens is 296 g/mol. The maximum Gasteiger partial charge on any atom is 0.123 e. The molecule has 0 N–H and O–H groups in total. The van der Waals surface area contributed by atoms with Crippen LogP contribution < -0.4 is 4.74 Å². The van der Waals surface area contributed by atoms with Crippen LogP contribution in [0.25, 0.3) is 0 Å². The fourth-order valence-electron chi connectivity index (χ4n) is 1.67. The maximum atomic E-state index is 5.83. The summed E-state index contributed by atoms with van der Waals surface area (Å²) in [6.45, 7) is 2.84. The summed E-state index contributed by atoms with van der Waals surface area (Å²) in [5, 5.41) is 2.94. The smallest absolute Gasteiger partial charge is 0.123 e. The minimum atomic E-state index is 0.740. The van der Waals surface area contributed by atoms with E-state index in [2.05, 4.69) is 58.6 Å². The van der Waals surface area contributed by atoms with Crippen molar-refractivity contribution >= 4 is 27.3 Å². The number of aryl methyl sites for hydroxylation is 1. The molecule has 0 aliphatic rings. The first-order chi connectivity index (χ1) is 8.29. The molecule has 0 spiro atoms. The fraction of sp³-hybridized carbons (Fsp3) is 0.286. The second-order valence-electron chi connectivity index (χ2n) is 3.92. The van der Waals surface area contributed by atoms with Crippen molar-refractivity contribution in [1.29, 1.82) is 0 Å². The predicted molar refractivity (Wildman–Crippen MR) is 77.3 cm³/mol. The predicted octanol–water partition coefficient (Wildman–Crippen LogP) is 4.57. The third kappa shape index (κ3) is 3.58. The minimum absolute atomic E-state index is 0.740. The monoisotopic (exact) mass is 310 g/mol. The zero-order valence-electron chi connectivity index (χ0n) is 9.78. The number of ether oxygens (including phenoxy) is 1. The van der Waals surface area contributed by atoms with E-state index in [1.54, 1.807) is 11.3 Å². The molecule has 3 heteroatoms. The van der Waals surface area contributed by atoms with E-state index < -0.39 is 0 Å². The van der Waals surface area contributed by atoms with Crippen molar-refractivity contribution in [3.05, 3.63) is 51.7 Å². The molecular formula is C14H15BrOS. The number of alkyl halides is 1. The summed E-state index contributed by atoms with van der Waals surface area (Å²) in [5.41, 5.74) is 2.49. The molecule has 0 amide bonds. The van der Waals surface area contributed by atoms with Gasteiger partial charge in [0.25, 0.3) is 0 Å². The van der Waals surface area contributed by atoms with Crippen LogP contribution in [-0.4, -0.2) is 6.61 Å². The topological polar surface area (TPSA) is 9.23 Å². The van der Waals surface area contributed by atoms with E-state index >= 15 is 0 Å². The molecule has 0 aliphatic carbocycles. The zero-order valence-corrected chi connectivity index (χ0v) is 12.2. The molecule has 0 fully saturated rings. The number of hydrogen-bond acceptors (Lipinski definition) is 2. The van der Waals surface area contributed by atoms with Gasteiger partial charge in [0.2, 0.25) is 0 Å². The van der Waals surface area contributed by atoms with Crippen molar-refractivity contribution in [2.75, 3.05) is 6.61 Å². The Hall–Kier alpha value is -0.800. The second kappa shape index (κ2) is 6.22. The minimum Gasteiger partial charge on any atom is -0.493 e. The average molecular weight is 311 g/mol. The van der Waals surface area contributed by atoms with Crippen molar-refractivity contribution in [2.24, 2.45) is 0 Å². The van der Waals surface area contributed by atoms with E-state index in [9.17, 15) is 0 Å². The average Bonchev–Trinajstić information content (AvgIpc) is 2.84. The highest BCUT2D eigenvalue weighted by Gasteiger charge is 2.03. The third-order valence-corrected chi connectivity index (χ3v) is 4.09. The summed E-state index contributed by atoms with van der Waals surface area (Å²) < 4.78 is 5.83. The molecule has 0 atom stereocenters. The van der Waals surface area contributed by atoms with E-state index in [4.69, 9.17) is 4.74 Å². The normalized spacial score (nSPS) is 10.5. The largest absolute Gasteiger partial charge is 0.493 e. The quantitative estimate of drug-likeness (QED) is 0.735. The summed E-state index contributed by atoms with van der Waals surface area (Å²) >= 11 is 5.28. The molecule has 2 rings (SSSR count). The van der Waals surface area contributed by atoms with Crippen molar-refractivity contribution in [1.82, 2.24) is 0 Å². The first-order valence-corrected chi connectivity index (χ1v) is 7.60. The Labute approximate surface area is 115 Å². The number of halogens is 1. The molecule has 1 aromatic heterocycles. The van der Waals surface area contributed by atoms with Gasteiger partial charge in [0.15, 0.2) is 0 Å². The highest BCUT2D eigenvalue weighted by molar-refractivity contribution is 9.08. The molecule has 0 saturated heterocycles. The van der Waals surface area contributed by atoms with Crippen LogP contribution in [0.15, 0.2) is 35.7 Å². The highest BCUT2D eigenvalue weighted by Crippen LogP contribution is 2.22. The summed E-state index contributed by atoms with van der Waals surface area (Å²) in [5.74, 6) is 0.990. The Bertz CT molecular complexity index is 465. The number of thiophene rings is 1. The molecule has 17 heavy (non-hydrogen) atoms. The summed E-state index contributed by atoms with van der Waals surface area (Å²) in [4.78, 5) is 1.37. The standard InChI is InChI=1S/C14H15BrOS/c1-11-4-5-14(12(9-11)10-15)16-7-6-13-3-2-8-17-13/h2-5,8-9H,6-7,10H2,1H3. The molecule has 0 radical (unpaired) electrons. The Kier molecular flexibility index (Phi) is 4.63. The Balaban J connectivity index is 1.94. The summed E-state index contributed by atoms with van der Waals surface area (Å²) in [6.07, 6.45) is 0.979. The highest BCUT2D eigenvalue weighted by atomic mass is 79.9. The van der Waals surface area contributed by atoms with Crippen LogP contribution in [0.5, 0.6) is 5.75 Å². The molecule has 1 aromatic carbocycles. The lowest BCUT2D eigenvalue weighted by Crippen LogP contribution is -2.02. The van der Waals surface area contributed by atoms with Gasteiger partial charge in [0.1, 0.15) is 5.75 Å². The van der Waals surface area contributed by atoms with Crippen molar-refractivity contribution in [2.45, 2.75) is 18.7 Å². The van der Waals surface area contributed by atoms with Gasteiger partial charge in [-0.1, -0.05) is 39.7 Å². The third-order valence-electron chi connectivity index (χ3n) is 2.55. The molecule has 1 heterocycles. The second-order valence-corrected chi connectivity index (χ2v) is 5.52. The van der Waals surface area contributed by atoms with Crippen LogP contribution in [0, 0.1) is 6.92 Å². The van der Waals surface area contributed by atoms with Crippen LogP contribution in [-0.2, 0) is 11.8 Å². The van der Waals surface area contributed by atoms with Gasteiger partial charge in [0.05, 0.1) is 6.61 Å². The molecule has 0 aliphatic heterocycles. The van der Waals surface area contributed by atoms with Gasteiger partial charge in [-0.2, -0.15) is 0 Å². The van der Waals surface area contributed by atoms with E-state index in [1.807, 2.05) is 0 Å². The SMILES string of the molecule is Cc1ccc(OCCc2cccs2)c(CBr)c1. The van der Waals surface area contributed by atoms with Gasteiger partial charge < -0.3 is 4.74 Å². The van der Waals surface area contributed by atoms with Gasteiger partial charge in [-0.05, 0) is 24.4 Å². The van der Waals surface area contributed by atoms with E-state index in [-0.39, 0.29) is 0 Å². The molecule has 0 bridgehead atoms. The molecule has 90 valence electrons. The van der Waals surface area contributed by atoms with Crippen molar-refractivity contribution < 1.29 is 4.74 Å². The number of hydrogen-bond donors (Lipinski definition) is 0. The van der Waals surface area contributed by atoms with Crippen molar-refractivity contribution in [3.8, 4) is 5.75 Å². The first-order valence-electron chi connectivity index (χ1n) is 5.60. The molecule has 0 saturated carbocycles. The van der Waals surface area contributed by atoms with E-state index in [0.29, 0.717) is 0 Å². The van der Waals surface area contributed by atoms with Crippen LogP contribution in [0.2, 0.25) is 0 Å². The Morgan fingerprint density at radius 1 is 1.29 bits per heavy atom. The fourth-order valence-corrected chi connectivity index (χ4v) is 2.80. The van der Waals surface area contributed by atoms with Crippen LogP contribution in [0.1, 0.15) is 16.0 Å². The van der Waals surface area contributed by atoms with Crippen LogP contribution in [0.3, 0.4) is 0 Å². The van der Waals surface area contributed by atoms with Crippen molar-refractivity contribution in [3.63, 3.8) is 0 Å². The van der Waals surface area contributed by atoms with Gasteiger partial charge in [0, 0.05) is 22.2 Å². The lowest BCUT2D eigenvalue weighted by Gasteiger charge is -2.10. The Morgan fingerprint density at radius 2 is 2.18 bits per heavy atom. The number of benzene rings is 1. The van der Waals surface area contributed by atoms with Gasteiger partial charge >= 0.3 is 0 Å². The molecule has 2 aromatic rings. The molecule has 1 nitrogen and oxygen atoms in total. The summed E-state index contributed by atoms with van der Waals surface area (Å²) in [6, 6.07) is 10.5.